The molecule has 0 aliphatic carbocycles. The number of carbonyl (C=O) groups excluding carboxylic acids is 1. The summed E-state index contributed by atoms with van der Waals surface area (Å²) >= 11 is 3.41. The average Bonchev–Trinajstić information content (AvgIpc) is 2.28. The molecule has 1 aromatic rings. The Morgan fingerprint density at radius 3 is 2.71 bits per heavy atom. The van der Waals surface area contributed by atoms with Crippen molar-refractivity contribution >= 4 is 21.8 Å². The molecular weight excluding hydrogens is 286 g/mol. The third kappa shape index (κ3) is 3.63. The Morgan fingerprint density at radius 2 is 2.12 bits per heavy atom. The molecular formula is C12H16BrNO3. The van der Waals surface area contributed by atoms with Gasteiger partial charge < -0.3 is 15.1 Å². The number of nitrogens with zero attached hydrogens (tertiary/aromatic N) is 1. The van der Waals surface area contributed by atoms with Crippen LogP contribution >= 0.6 is 15.9 Å². The predicted molar refractivity (Wildman–Crippen MR) is 69.7 cm³/mol. The molecule has 5 heteroatoms. The van der Waals surface area contributed by atoms with Crippen LogP contribution in [0.1, 0.15) is 23.7 Å². The molecule has 1 amide bonds. The molecule has 0 aliphatic heterocycles. The van der Waals surface area contributed by atoms with E-state index < -0.39 is 0 Å². The van der Waals surface area contributed by atoms with Crippen molar-refractivity contribution in [3.8, 4) is 11.5 Å². The van der Waals surface area contributed by atoms with Crippen LogP contribution in [0.25, 0.3) is 0 Å². The third-order valence-corrected chi connectivity index (χ3v) is 2.91. The first-order valence-corrected chi connectivity index (χ1v) is 6.25. The minimum atomic E-state index is -0.365. The Kier molecular flexibility index (Phi) is 4.81. The first kappa shape index (κ1) is 13.8. The van der Waals surface area contributed by atoms with E-state index in [4.69, 9.17) is 0 Å². The summed E-state index contributed by atoms with van der Waals surface area (Å²) in [5.41, 5.74) is 0.120. The molecule has 0 heterocycles. The van der Waals surface area contributed by atoms with Gasteiger partial charge in [-0.1, -0.05) is 28.9 Å². The lowest BCUT2D eigenvalue weighted by molar-refractivity contribution is 0.0790. The Hall–Kier alpha value is -1.23. The molecule has 0 fully saturated rings. The number of phenols is 2. The van der Waals surface area contributed by atoms with E-state index in [9.17, 15) is 15.0 Å². The van der Waals surface area contributed by atoms with Gasteiger partial charge in [0.15, 0.2) is 11.5 Å². The van der Waals surface area contributed by atoms with Gasteiger partial charge >= 0.3 is 0 Å². The zero-order valence-electron chi connectivity index (χ0n) is 9.85. The van der Waals surface area contributed by atoms with Crippen molar-refractivity contribution in [2.24, 2.45) is 0 Å². The largest absolute Gasteiger partial charge is 0.504 e. The van der Waals surface area contributed by atoms with Gasteiger partial charge in [0, 0.05) is 18.4 Å². The minimum absolute atomic E-state index is 0.120. The predicted octanol–water partition coefficient (Wildman–Crippen LogP) is 2.34. The maximum Gasteiger partial charge on any atom is 0.257 e. The lowest BCUT2D eigenvalue weighted by Crippen LogP contribution is -2.28. The molecule has 4 nitrogen and oxygen atoms in total. The van der Waals surface area contributed by atoms with Crippen LogP contribution < -0.4 is 0 Å². The van der Waals surface area contributed by atoms with E-state index in [1.807, 2.05) is 6.92 Å². The molecule has 1 atom stereocenters. The molecule has 1 rings (SSSR count). The van der Waals surface area contributed by atoms with E-state index in [-0.39, 0.29) is 23.0 Å². The topological polar surface area (TPSA) is 60.8 Å². The second kappa shape index (κ2) is 5.91. The van der Waals surface area contributed by atoms with Gasteiger partial charge in [-0.2, -0.15) is 0 Å². The fourth-order valence-corrected chi connectivity index (χ4v) is 1.59. The molecule has 0 spiro atoms. The van der Waals surface area contributed by atoms with E-state index in [1.165, 1.54) is 23.1 Å². The van der Waals surface area contributed by atoms with Crippen molar-refractivity contribution in [2.75, 3.05) is 13.6 Å². The van der Waals surface area contributed by atoms with Crippen molar-refractivity contribution in [1.29, 1.82) is 0 Å². The lowest BCUT2D eigenvalue weighted by atomic mass is 10.1. The van der Waals surface area contributed by atoms with Crippen LogP contribution in [0.2, 0.25) is 0 Å². The zero-order valence-corrected chi connectivity index (χ0v) is 11.4. The van der Waals surface area contributed by atoms with Gasteiger partial charge in [0.05, 0.1) is 5.56 Å². The SMILES string of the molecule is CC(Br)CCN(C)C(=O)c1cccc(O)c1O. The van der Waals surface area contributed by atoms with Gasteiger partial charge in [-0.05, 0) is 18.6 Å². The van der Waals surface area contributed by atoms with Crippen molar-refractivity contribution in [1.82, 2.24) is 4.90 Å². The molecule has 94 valence electrons. The normalized spacial score (nSPS) is 12.2. The second-order valence-electron chi connectivity index (χ2n) is 3.97. The lowest BCUT2D eigenvalue weighted by Gasteiger charge is -2.18. The fourth-order valence-electron chi connectivity index (χ4n) is 1.38. The summed E-state index contributed by atoms with van der Waals surface area (Å²) in [7, 11) is 1.67. The Bertz CT molecular complexity index is 407. The summed E-state index contributed by atoms with van der Waals surface area (Å²) in [6, 6.07) is 4.36. The third-order valence-electron chi connectivity index (χ3n) is 2.45. The van der Waals surface area contributed by atoms with Crippen LogP contribution in [0.3, 0.4) is 0 Å². The number of amides is 1. The number of alkyl halides is 1. The van der Waals surface area contributed by atoms with Crippen LogP contribution in [-0.4, -0.2) is 39.4 Å². The highest BCUT2D eigenvalue weighted by atomic mass is 79.9. The number of para-hydroxylation sites is 1. The van der Waals surface area contributed by atoms with Crippen LogP contribution in [-0.2, 0) is 0 Å². The van der Waals surface area contributed by atoms with E-state index >= 15 is 0 Å². The highest BCUT2D eigenvalue weighted by Crippen LogP contribution is 2.28. The standard InChI is InChI=1S/C12H16BrNO3/c1-8(13)6-7-14(2)12(17)9-4-3-5-10(15)11(9)16/h3-5,8,15-16H,6-7H2,1-2H3. The zero-order chi connectivity index (χ0) is 13.0. The molecule has 0 saturated carbocycles. The summed E-state index contributed by atoms with van der Waals surface area (Å²) in [6.07, 6.45) is 0.821. The average molecular weight is 302 g/mol. The highest BCUT2D eigenvalue weighted by Gasteiger charge is 2.17. The second-order valence-corrected chi connectivity index (χ2v) is 5.53. The van der Waals surface area contributed by atoms with Gasteiger partial charge in [-0.15, -0.1) is 0 Å². The van der Waals surface area contributed by atoms with Crippen molar-refractivity contribution in [3.05, 3.63) is 23.8 Å². The van der Waals surface area contributed by atoms with Crippen LogP contribution in [0, 0.1) is 0 Å². The Balaban J connectivity index is 2.78. The van der Waals surface area contributed by atoms with Crippen molar-refractivity contribution in [3.63, 3.8) is 0 Å². The van der Waals surface area contributed by atoms with E-state index in [2.05, 4.69) is 15.9 Å². The summed E-state index contributed by atoms with van der Waals surface area (Å²) in [5, 5.41) is 18.9. The first-order valence-electron chi connectivity index (χ1n) is 5.34. The summed E-state index contributed by atoms with van der Waals surface area (Å²) in [4.78, 5) is 13.8. The smallest absolute Gasteiger partial charge is 0.257 e. The van der Waals surface area contributed by atoms with Crippen LogP contribution in [0.5, 0.6) is 11.5 Å². The van der Waals surface area contributed by atoms with Gasteiger partial charge in [-0.25, -0.2) is 0 Å². The number of halogens is 1. The molecule has 0 aromatic heterocycles. The highest BCUT2D eigenvalue weighted by molar-refractivity contribution is 9.09. The van der Waals surface area contributed by atoms with Gasteiger partial charge in [0.25, 0.3) is 5.91 Å². The number of rotatable bonds is 4. The number of hydrogen-bond acceptors (Lipinski definition) is 3. The number of hydrogen-bond donors (Lipinski definition) is 2. The molecule has 0 bridgehead atoms. The number of carbonyl (C=O) groups is 1. The first-order chi connectivity index (χ1) is 7.93. The summed E-state index contributed by atoms with van der Waals surface area (Å²) in [6.45, 7) is 2.59. The van der Waals surface area contributed by atoms with Gasteiger partial charge in [0.1, 0.15) is 0 Å². The Morgan fingerprint density at radius 1 is 1.47 bits per heavy atom. The molecule has 0 saturated heterocycles. The number of aromatic hydroxyl groups is 2. The van der Waals surface area contributed by atoms with Crippen LogP contribution in [0.15, 0.2) is 18.2 Å². The number of benzene rings is 1. The van der Waals surface area contributed by atoms with Gasteiger partial charge in [0.2, 0.25) is 0 Å². The monoisotopic (exact) mass is 301 g/mol. The van der Waals surface area contributed by atoms with Crippen LogP contribution in [0.4, 0.5) is 0 Å². The quantitative estimate of drug-likeness (QED) is 0.663. The van der Waals surface area contributed by atoms with E-state index in [0.717, 1.165) is 6.42 Å². The maximum absolute atomic E-state index is 12.0. The Labute approximate surface area is 109 Å². The summed E-state index contributed by atoms with van der Waals surface area (Å²) < 4.78 is 0. The molecule has 2 N–H and O–H groups in total. The van der Waals surface area contributed by atoms with E-state index in [0.29, 0.717) is 11.4 Å². The fraction of sp³-hybridized carbons (Fsp3) is 0.417. The number of phenolic OH excluding ortho intramolecular Hbond substituents is 2. The molecule has 1 unspecified atom stereocenters. The summed E-state index contributed by atoms with van der Waals surface area (Å²) in [5.74, 6) is -0.944. The maximum atomic E-state index is 12.0. The van der Waals surface area contributed by atoms with Gasteiger partial charge in [-0.3, -0.25) is 4.79 Å². The molecule has 17 heavy (non-hydrogen) atoms. The minimum Gasteiger partial charge on any atom is -0.504 e. The molecule has 0 radical (unpaired) electrons. The molecule has 1 aromatic carbocycles. The molecule has 0 aliphatic rings. The van der Waals surface area contributed by atoms with E-state index in [1.54, 1.807) is 7.05 Å². The van der Waals surface area contributed by atoms with Crippen molar-refractivity contribution < 1.29 is 15.0 Å². The van der Waals surface area contributed by atoms with Crippen molar-refractivity contribution in [2.45, 2.75) is 18.2 Å².